The lowest BCUT2D eigenvalue weighted by molar-refractivity contribution is -0.191. The summed E-state index contributed by atoms with van der Waals surface area (Å²) in [5.74, 6) is 18.3. The number of rotatable bonds is 6. The Kier molecular flexibility index (Phi) is 29.1. The van der Waals surface area contributed by atoms with Crippen molar-refractivity contribution in [1.82, 2.24) is 60.5 Å². The molecule has 24 heteroatoms. The number of aryl methyl sites for hydroxylation is 1. The Morgan fingerprint density at radius 2 is 0.842 bits per heavy atom. The summed E-state index contributed by atoms with van der Waals surface area (Å²) in [4.78, 5) is 45.4. The predicted octanol–water partition coefficient (Wildman–Crippen LogP) is 21.4. The van der Waals surface area contributed by atoms with Gasteiger partial charge in [-0.05, 0) is 438 Å². The van der Waals surface area contributed by atoms with Gasteiger partial charge in [0.1, 0.15) is 5.78 Å². The topological polar surface area (TPSA) is 281 Å². The van der Waals surface area contributed by atoms with Crippen LogP contribution in [0.25, 0.3) is 0 Å². The van der Waals surface area contributed by atoms with Crippen LogP contribution in [0.5, 0.6) is 0 Å². The lowest BCUT2D eigenvalue weighted by Gasteiger charge is -2.54. The maximum absolute atomic E-state index is 12.7. The first-order chi connectivity index (χ1) is 69.6. The molecule has 43 atom stereocenters. The molecule has 2 aromatic rings. The number of ether oxygens (including phenoxy) is 4. The Hall–Kier alpha value is -4.69. The van der Waals surface area contributed by atoms with Gasteiger partial charge in [0.05, 0.1) is 77.3 Å². The van der Waals surface area contributed by atoms with Crippen LogP contribution in [0.3, 0.4) is 0 Å². The number of piperidine rings is 4. The number of hydrogen-bond acceptors (Lipinski definition) is 18. The van der Waals surface area contributed by atoms with Gasteiger partial charge >= 0.3 is 6.15 Å². The van der Waals surface area contributed by atoms with Crippen molar-refractivity contribution in [2.24, 2.45) is 169 Å². The molecule has 12 saturated carbocycles. The van der Waals surface area contributed by atoms with E-state index < -0.39 is 10.2 Å². The number of nitrogens with two attached hydrogens (primary N) is 1. The van der Waals surface area contributed by atoms with Crippen molar-refractivity contribution in [2.45, 2.75) is 464 Å². The summed E-state index contributed by atoms with van der Waals surface area (Å²) in [5, 5.41) is 34.1. The van der Waals surface area contributed by atoms with Crippen molar-refractivity contribution < 1.29 is 46.5 Å². The first-order valence-electron chi connectivity index (χ1n) is 60.2. The van der Waals surface area contributed by atoms with E-state index in [9.17, 15) is 18.0 Å². The molecule has 810 valence electrons. The fourth-order valence-electron chi connectivity index (χ4n) is 41.7. The molecule has 0 bridgehead atoms. The van der Waals surface area contributed by atoms with Gasteiger partial charge in [-0.1, -0.05) is 138 Å². The van der Waals surface area contributed by atoms with Gasteiger partial charge in [-0.25, -0.2) is 14.5 Å². The zero-order valence-electron chi connectivity index (χ0n) is 93.4. The second kappa shape index (κ2) is 40.2. The standard InChI is InChI=1S/C32H50N2O3.C31H48N4O.C30H46N4O.C28H47N3O3S.CO2/c1-19-13-28-30(34(17-19)18-29(36)33(5)6)21(3)32(37-28)12-10-24-25-8-7-22-14-23(35)9-11-31(22,4)27(25)15-26(24)20(2)16-32;1-18-12-28-29(32-16-18)21(4)31(36-28)11-9-24-25-7-6-22-13-23(35-17-20(3)33-34-35)8-10-30(22,5)27(25)14-26(24)19(2)15-31;1-18-13-27-28(31-17-18)20(3)30(35-27)10-8-23-24-6-5-21-14-22(34-12-11-32-33-34)7-9-29(21,4)26(24)15-25(23)19(2)16-30;1-16-11-25-26(30-15-16)18(3)28(34-25)10-8-21-22-6-5-19-12-20(31-35(29,32)33)7-9-27(19,4)24(22)13-23(21)17(2)14-28;2-1-3/h19,21-22,24-25,27-28,30H,7-18H2,1-6H3;17-18,21-25,27-29,32H,6-16H2,1-5H3;11-12,18,20-24,26-28,31H,5-10,13-17H2,1-4H3;16,18-22,24-26,30-31H,5-15H2,1-4H3,(H2,29,32,33);/t19-,21+,22+,24-,25-,27-,28+,30-,31-,32-;18-,21+,22+,23-,24-,25-,27-,28+,29-,30-,31-;18-,20+,21+,22-,23-,24-,26-,27+,28-,29-,30-;16-,18+,19+,20-,21-,22-,24-,25+,26-,27-,28-;/m0000./s1. The van der Waals surface area contributed by atoms with Crippen molar-refractivity contribution in [1.29, 1.82) is 0 Å². The molecule has 146 heavy (non-hydrogen) atoms. The molecule has 4 spiro atoms. The second-order valence-corrected chi connectivity index (χ2v) is 58.3. The van der Waals surface area contributed by atoms with Crippen molar-refractivity contribution in [3.8, 4) is 0 Å². The number of likely N-dealkylation sites (tertiary alicyclic amines) is 1. The fourth-order valence-corrected chi connectivity index (χ4v) is 42.4. The molecule has 26 rings (SSSR count). The smallest absolute Gasteiger partial charge is 0.369 e. The number of nitrogens with zero attached hydrogens (tertiary/aromatic N) is 8. The Labute approximate surface area is 877 Å². The molecule has 0 aromatic carbocycles. The number of nitrogens with one attached hydrogen (secondary N) is 4. The number of carbonyl (C=O) groups is 2. The Morgan fingerprint density at radius 1 is 0.466 bits per heavy atom. The van der Waals surface area contributed by atoms with Crippen LogP contribution in [0.2, 0.25) is 0 Å². The van der Waals surface area contributed by atoms with Crippen LogP contribution < -0.4 is 25.8 Å². The minimum atomic E-state index is -3.63. The quantitative estimate of drug-likeness (QED) is 0.168. The van der Waals surface area contributed by atoms with Crippen LogP contribution in [-0.4, -0.2) is 190 Å². The van der Waals surface area contributed by atoms with Crippen LogP contribution in [-0.2, 0) is 48.3 Å². The normalized spacial score (nSPS) is 49.4. The average molecular weight is 2030 g/mol. The van der Waals surface area contributed by atoms with Gasteiger partial charge < -0.3 is 39.8 Å². The SMILES string of the molecule is CC1=C2C[C@H]3[C@@H](CC[C@@H]4CC(=O)CC[C@@]43C)[C@@H]2CC[C@@]2(C1)O[C@@H]1C[C@H](C)CN(CC(=O)N(C)C)[C@H]1[C@H]2C.CC1=C2C[C@H]3[C@@H](CC[C@@H]4C[C@@H](NS(N)(=O)=O)CC[C@@]43C)[C@@H]2CC[C@@]2(C1)O[C@@H]1C[C@H](C)CN[C@H]1[C@H]2C.CC1=C2C[C@H]3[C@@H](CC[C@@H]4C[C@@H](n5cc(C)nn5)CC[C@@]43C)[C@@H]2CC[C@@]2(C1)O[C@@H]1C[C@H](C)CN[C@H]1[C@H]2C.CC1=C2C[C@H]3[C@@H](CC[C@@H]4C[C@@H](n5ccnn5)CC[C@@]43C)[C@@H]2CC[C@@]2(C1)O[C@@H]1C[C@H](C)CN[C@H]1[C@H]2C.O=C=O. The van der Waals surface area contributed by atoms with Crippen LogP contribution in [0.15, 0.2) is 63.2 Å². The maximum Gasteiger partial charge on any atom is 0.373 e. The molecular weight excluding hydrogens is 1840 g/mol. The molecular formula is C122H191N13O10S. The van der Waals surface area contributed by atoms with E-state index in [2.05, 4.69) is 186 Å². The van der Waals surface area contributed by atoms with E-state index in [4.69, 9.17) is 33.7 Å². The van der Waals surface area contributed by atoms with E-state index in [1.807, 2.05) is 31.4 Å². The van der Waals surface area contributed by atoms with E-state index >= 15 is 0 Å². The minimum absolute atomic E-state index is 0.00757. The molecule has 0 radical (unpaired) electrons. The van der Waals surface area contributed by atoms with Gasteiger partial charge in [0, 0.05) is 99.8 Å². The Morgan fingerprint density at radius 3 is 1.23 bits per heavy atom. The molecule has 2 aromatic heterocycles. The van der Waals surface area contributed by atoms with Crippen LogP contribution in [0.1, 0.15) is 385 Å². The number of Topliss-reactive ketones (excluding diaryl/α,β-unsaturated/α-hetero) is 1. The molecule has 23 nitrogen and oxygen atoms in total. The summed E-state index contributed by atoms with van der Waals surface area (Å²) < 4.78 is 58.7. The third-order valence-corrected chi connectivity index (χ3v) is 50.2. The van der Waals surface area contributed by atoms with Gasteiger partial charge in [-0.3, -0.25) is 14.5 Å². The molecule has 8 aliphatic heterocycles. The van der Waals surface area contributed by atoms with Crippen molar-refractivity contribution in [3.63, 3.8) is 0 Å². The number of amides is 1. The monoisotopic (exact) mass is 2030 g/mol. The van der Waals surface area contributed by atoms with E-state index in [0.717, 1.165) is 185 Å². The largest absolute Gasteiger partial charge is 0.373 e. The number of hydrogen-bond donors (Lipinski definition) is 5. The summed E-state index contributed by atoms with van der Waals surface area (Å²) in [6.07, 6.45) is 56.9. The molecule has 0 unspecified atom stereocenters. The Balaban J connectivity index is 0.000000110. The maximum atomic E-state index is 12.7. The molecule has 6 N–H and O–H groups in total. The van der Waals surface area contributed by atoms with Gasteiger partial charge in [0.25, 0.3) is 10.2 Å². The Bertz CT molecular complexity index is 5410. The molecule has 16 aliphatic carbocycles. The van der Waals surface area contributed by atoms with Gasteiger partial charge in [-0.15, -0.1) is 10.2 Å². The minimum Gasteiger partial charge on any atom is -0.369 e. The number of aromatic nitrogens is 6. The van der Waals surface area contributed by atoms with E-state index in [0.29, 0.717) is 142 Å². The van der Waals surface area contributed by atoms with E-state index in [-0.39, 0.29) is 46.6 Å². The van der Waals surface area contributed by atoms with Gasteiger partial charge in [0.15, 0.2) is 0 Å². The predicted molar refractivity (Wildman–Crippen MR) is 570 cm³/mol. The number of allylic oxidation sites excluding steroid dienone is 4. The summed E-state index contributed by atoms with van der Waals surface area (Å²) >= 11 is 0. The van der Waals surface area contributed by atoms with E-state index in [1.54, 1.807) is 38.3 Å². The number of likely N-dealkylation sites (N-methyl/N-ethyl adjacent to an activating group) is 1. The highest BCUT2D eigenvalue weighted by Gasteiger charge is 2.68. The molecule has 20 fully saturated rings. The highest BCUT2D eigenvalue weighted by Crippen LogP contribution is 2.72. The van der Waals surface area contributed by atoms with Crippen LogP contribution in [0.4, 0.5) is 0 Å². The van der Waals surface area contributed by atoms with Gasteiger partial charge in [0.2, 0.25) is 5.91 Å². The van der Waals surface area contributed by atoms with Crippen molar-refractivity contribution >= 4 is 28.1 Å². The molecule has 24 aliphatic rings. The van der Waals surface area contributed by atoms with E-state index in [1.165, 1.54) is 193 Å². The first kappa shape index (κ1) is 106. The zero-order chi connectivity index (χ0) is 103. The lowest BCUT2D eigenvalue weighted by atomic mass is 9.52. The number of carbonyl (C=O) groups excluding carboxylic acids is 4. The summed E-state index contributed by atoms with van der Waals surface area (Å²) in [7, 11) is 0.113. The molecule has 8 saturated heterocycles. The number of ketones is 1. The third-order valence-electron chi connectivity index (χ3n) is 49.5. The van der Waals surface area contributed by atoms with Crippen molar-refractivity contribution in [2.75, 3.05) is 46.8 Å². The van der Waals surface area contributed by atoms with Crippen molar-refractivity contribution in [3.05, 3.63) is 68.9 Å². The van der Waals surface area contributed by atoms with Gasteiger partial charge in [-0.2, -0.15) is 22.7 Å². The lowest BCUT2D eigenvalue weighted by Crippen LogP contribution is -2.54. The second-order valence-electron chi connectivity index (χ2n) is 57.0. The highest BCUT2D eigenvalue weighted by atomic mass is 32.2. The van der Waals surface area contributed by atoms with Crippen LogP contribution in [0, 0.1) is 171 Å². The third kappa shape index (κ3) is 18.5. The van der Waals surface area contributed by atoms with Crippen LogP contribution >= 0.6 is 0 Å². The average Bonchev–Trinajstić information content (AvgIpc) is 1.56. The molecule has 1 amide bonds. The fraction of sp³-hybridized carbons (Fsp3) is 0.877. The highest BCUT2D eigenvalue weighted by molar-refractivity contribution is 7.87. The first-order valence-corrected chi connectivity index (χ1v) is 61.8. The molecule has 10 heterocycles. The number of fused-ring (bicyclic) bond motifs is 24. The summed E-state index contributed by atoms with van der Waals surface area (Å²) in [5.41, 5.74) is 16.7. The zero-order valence-corrected chi connectivity index (χ0v) is 94.2. The summed E-state index contributed by atoms with van der Waals surface area (Å²) in [6.45, 7) is 46.6. The summed E-state index contributed by atoms with van der Waals surface area (Å²) in [6, 6.07) is 3.10.